The fourth-order valence-corrected chi connectivity index (χ4v) is 2.77. The minimum absolute atomic E-state index is 0.000741. The van der Waals surface area contributed by atoms with Crippen LogP contribution in [0.3, 0.4) is 0 Å². The van der Waals surface area contributed by atoms with Crippen molar-refractivity contribution in [3.8, 4) is 6.07 Å². The molecule has 1 N–H and O–H groups in total. The van der Waals surface area contributed by atoms with Crippen LogP contribution in [-0.2, 0) is 0 Å². The van der Waals surface area contributed by atoms with Crippen molar-refractivity contribution in [1.82, 2.24) is 9.88 Å². The maximum atomic E-state index is 12.6. The highest BCUT2D eigenvalue weighted by Gasteiger charge is 2.31. The number of nitrogens with one attached hydrogen (secondary N) is 1. The number of benzene rings is 1. The maximum absolute atomic E-state index is 12.6. The van der Waals surface area contributed by atoms with E-state index in [0.717, 1.165) is 25.1 Å². The van der Waals surface area contributed by atoms with Gasteiger partial charge in [-0.2, -0.15) is 5.26 Å². The van der Waals surface area contributed by atoms with Gasteiger partial charge in [0.25, 0.3) is 5.91 Å². The van der Waals surface area contributed by atoms with Crippen LogP contribution in [0.2, 0.25) is 0 Å². The molecule has 1 unspecified atom stereocenters. The van der Waals surface area contributed by atoms with E-state index in [1.807, 2.05) is 23.2 Å². The Kier molecular flexibility index (Phi) is 3.26. The summed E-state index contributed by atoms with van der Waals surface area (Å²) in [4.78, 5) is 17.7. The third-order valence-electron chi connectivity index (χ3n) is 3.73. The van der Waals surface area contributed by atoms with Crippen molar-refractivity contribution >= 4 is 5.91 Å². The van der Waals surface area contributed by atoms with Crippen LogP contribution < -0.4 is 0 Å². The third kappa shape index (κ3) is 2.19. The highest BCUT2D eigenvalue weighted by Crippen LogP contribution is 2.32. The summed E-state index contributed by atoms with van der Waals surface area (Å²) in [6, 6.07) is 13.1. The molecule has 0 spiro atoms. The number of likely N-dealkylation sites (tertiary alicyclic amines) is 1. The van der Waals surface area contributed by atoms with Crippen LogP contribution in [-0.4, -0.2) is 22.3 Å². The second kappa shape index (κ2) is 5.22. The van der Waals surface area contributed by atoms with Gasteiger partial charge in [-0.3, -0.25) is 4.79 Å². The smallest absolute Gasteiger partial charge is 0.254 e. The van der Waals surface area contributed by atoms with Crippen LogP contribution in [0.5, 0.6) is 0 Å². The Bertz CT molecular complexity index is 655. The van der Waals surface area contributed by atoms with Gasteiger partial charge >= 0.3 is 0 Å². The number of nitrogens with zero attached hydrogens (tertiary/aromatic N) is 2. The van der Waals surface area contributed by atoms with E-state index in [1.165, 1.54) is 0 Å². The number of H-pyrrole nitrogens is 1. The van der Waals surface area contributed by atoms with Gasteiger partial charge in [0.05, 0.1) is 17.7 Å². The first-order valence-electron chi connectivity index (χ1n) is 6.74. The number of nitriles is 1. The summed E-state index contributed by atoms with van der Waals surface area (Å²) in [5.41, 5.74) is 2.18. The lowest BCUT2D eigenvalue weighted by Gasteiger charge is -2.24. The molecule has 4 heteroatoms. The summed E-state index contributed by atoms with van der Waals surface area (Å²) in [6.07, 6.45) is 3.87. The first kappa shape index (κ1) is 12.5. The molecule has 0 radical (unpaired) electrons. The molecular formula is C16H15N3O. The van der Waals surface area contributed by atoms with Crippen LogP contribution in [0.15, 0.2) is 42.6 Å². The molecule has 2 aromatic rings. The molecule has 4 nitrogen and oxygen atoms in total. The van der Waals surface area contributed by atoms with Crippen LogP contribution in [0.4, 0.5) is 0 Å². The summed E-state index contributed by atoms with van der Waals surface area (Å²) < 4.78 is 0. The summed E-state index contributed by atoms with van der Waals surface area (Å²) in [7, 11) is 0. The fraction of sp³-hybridized carbons (Fsp3) is 0.250. The standard InChI is InChI=1S/C16H15N3O/c17-11-12-4-1-5-13(10-12)16(20)19-9-3-7-15(19)14-6-2-8-18-14/h1-2,4-6,8,10,15,18H,3,7,9H2. The molecule has 0 saturated carbocycles. The van der Waals surface area contributed by atoms with Crippen LogP contribution in [0.25, 0.3) is 0 Å². The summed E-state index contributed by atoms with van der Waals surface area (Å²) in [5.74, 6) is -0.000741. The van der Waals surface area contributed by atoms with Gasteiger partial charge in [-0.25, -0.2) is 0 Å². The van der Waals surface area contributed by atoms with E-state index in [1.54, 1.807) is 24.3 Å². The van der Waals surface area contributed by atoms with Gasteiger partial charge in [-0.05, 0) is 43.2 Å². The lowest BCUT2D eigenvalue weighted by molar-refractivity contribution is 0.0733. The Morgan fingerprint density at radius 3 is 3.00 bits per heavy atom. The number of rotatable bonds is 2. The molecule has 1 aliphatic heterocycles. The minimum atomic E-state index is -0.000741. The van der Waals surface area contributed by atoms with Gasteiger partial charge in [0, 0.05) is 24.0 Å². The number of aromatic amines is 1. The van der Waals surface area contributed by atoms with Crippen molar-refractivity contribution < 1.29 is 4.79 Å². The molecule has 0 aliphatic carbocycles. The lowest BCUT2D eigenvalue weighted by atomic mass is 10.1. The lowest BCUT2D eigenvalue weighted by Crippen LogP contribution is -2.30. The molecule has 0 bridgehead atoms. The zero-order valence-corrected chi connectivity index (χ0v) is 11.0. The maximum Gasteiger partial charge on any atom is 0.254 e. The van der Waals surface area contributed by atoms with Gasteiger partial charge < -0.3 is 9.88 Å². The van der Waals surface area contributed by atoms with Crippen molar-refractivity contribution in [2.24, 2.45) is 0 Å². The Morgan fingerprint density at radius 1 is 1.35 bits per heavy atom. The second-order valence-electron chi connectivity index (χ2n) is 4.97. The molecule has 1 aromatic heterocycles. The predicted octanol–water partition coefficient (Wildman–Crippen LogP) is 2.86. The van der Waals surface area contributed by atoms with Crippen molar-refractivity contribution in [2.75, 3.05) is 6.54 Å². The van der Waals surface area contributed by atoms with Gasteiger partial charge in [0.1, 0.15) is 0 Å². The van der Waals surface area contributed by atoms with E-state index >= 15 is 0 Å². The van der Waals surface area contributed by atoms with E-state index in [2.05, 4.69) is 11.1 Å². The Hall–Kier alpha value is -2.54. The molecule has 1 aliphatic rings. The van der Waals surface area contributed by atoms with Crippen molar-refractivity contribution in [3.63, 3.8) is 0 Å². The topological polar surface area (TPSA) is 59.9 Å². The zero-order valence-electron chi connectivity index (χ0n) is 11.0. The fourth-order valence-electron chi connectivity index (χ4n) is 2.77. The van der Waals surface area contributed by atoms with E-state index in [-0.39, 0.29) is 11.9 Å². The molecule has 20 heavy (non-hydrogen) atoms. The van der Waals surface area contributed by atoms with Crippen LogP contribution in [0, 0.1) is 11.3 Å². The Morgan fingerprint density at radius 2 is 2.25 bits per heavy atom. The molecule has 1 amide bonds. The molecule has 3 rings (SSSR count). The summed E-state index contributed by atoms with van der Waals surface area (Å²) in [6.45, 7) is 0.763. The number of amides is 1. The molecule has 1 saturated heterocycles. The number of carbonyl (C=O) groups is 1. The Balaban J connectivity index is 1.88. The highest BCUT2D eigenvalue weighted by atomic mass is 16.2. The summed E-state index contributed by atoms with van der Waals surface area (Å²) >= 11 is 0. The van der Waals surface area contributed by atoms with E-state index in [4.69, 9.17) is 5.26 Å². The minimum Gasteiger partial charge on any atom is -0.363 e. The van der Waals surface area contributed by atoms with Crippen molar-refractivity contribution in [1.29, 1.82) is 5.26 Å². The van der Waals surface area contributed by atoms with Crippen molar-refractivity contribution in [2.45, 2.75) is 18.9 Å². The number of hydrogen-bond acceptors (Lipinski definition) is 2. The molecule has 1 aromatic carbocycles. The second-order valence-corrected chi connectivity index (χ2v) is 4.97. The predicted molar refractivity (Wildman–Crippen MR) is 75.0 cm³/mol. The first-order chi connectivity index (χ1) is 9.79. The van der Waals surface area contributed by atoms with Crippen LogP contribution >= 0.6 is 0 Å². The average Bonchev–Trinajstić information content (AvgIpc) is 3.16. The van der Waals surface area contributed by atoms with E-state index in [0.29, 0.717) is 11.1 Å². The van der Waals surface area contributed by atoms with Crippen LogP contribution in [0.1, 0.15) is 40.5 Å². The highest BCUT2D eigenvalue weighted by molar-refractivity contribution is 5.95. The molecule has 1 atom stereocenters. The largest absolute Gasteiger partial charge is 0.363 e. The third-order valence-corrected chi connectivity index (χ3v) is 3.73. The molecule has 100 valence electrons. The molecule has 2 heterocycles. The van der Waals surface area contributed by atoms with Gasteiger partial charge in [0.15, 0.2) is 0 Å². The Labute approximate surface area is 117 Å². The number of hydrogen-bond donors (Lipinski definition) is 1. The SMILES string of the molecule is N#Cc1cccc(C(=O)N2CCCC2c2ccc[nH]2)c1. The first-order valence-corrected chi connectivity index (χ1v) is 6.74. The normalized spacial score (nSPS) is 17.9. The quantitative estimate of drug-likeness (QED) is 0.907. The molecule has 1 fully saturated rings. The number of aromatic nitrogens is 1. The van der Waals surface area contributed by atoms with Crippen molar-refractivity contribution in [3.05, 3.63) is 59.4 Å². The van der Waals surface area contributed by atoms with Gasteiger partial charge in [-0.1, -0.05) is 6.07 Å². The van der Waals surface area contributed by atoms with Gasteiger partial charge in [0.2, 0.25) is 0 Å². The average molecular weight is 265 g/mol. The zero-order chi connectivity index (χ0) is 13.9. The molecular weight excluding hydrogens is 250 g/mol. The van der Waals surface area contributed by atoms with E-state index < -0.39 is 0 Å². The van der Waals surface area contributed by atoms with E-state index in [9.17, 15) is 4.79 Å². The number of carbonyl (C=O) groups excluding carboxylic acids is 1. The summed E-state index contributed by atoms with van der Waals surface area (Å²) in [5, 5.41) is 8.93. The monoisotopic (exact) mass is 265 g/mol. The van der Waals surface area contributed by atoms with Gasteiger partial charge in [-0.15, -0.1) is 0 Å².